The predicted molar refractivity (Wildman–Crippen MR) is 130 cm³/mol. The average Bonchev–Trinajstić information content (AvgIpc) is 2.87. The lowest BCUT2D eigenvalue weighted by atomic mass is 10.0. The number of anilines is 1. The summed E-state index contributed by atoms with van der Waals surface area (Å²) >= 11 is 0. The summed E-state index contributed by atoms with van der Waals surface area (Å²) in [5, 5.41) is 2.65. The van der Waals surface area contributed by atoms with Crippen molar-refractivity contribution in [1.29, 1.82) is 0 Å². The minimum atomic E-state index is -4.78. The van der Waals surface area contributed by atoms with Crippen LogP contribution in [-0.4, -0.2) is 33.5 Å². The third kappa shape index (κ3) is 5.59. The zero-order chi connectivity index (χ0) is 27.8. The van der Waals surface area contributed by atoms with Gasteiger partial charge in [0.2, 0.25) is 5.91 Å². The molecule has 0 unspecified atom stereocenters. The van der Waals surface area contributed by atoms with Crippen LogP contribution < -0.4 is 14.4 Å². The molecule has 0 aromatic heterocycles. The monoisotopic (exact) mass is 554 g/mol. The minimum absolute atomic E-state index is 0.0381. The Kier molecular flexibility index (Phi) is 7.37. The maximum atomic E-state index is 14.5. The van der Waals surface area contributed by atoms with Gasteiger partial charge in [0.25, 0.3) is 10.0 Å². The highest BCUT2D eigenvalue weighted by Crippen LogP contribution is 2.41. The summed E-state index contributed by atoms with van der Waals surface area (Å²) in [4.78, 5) is 11.4. The first-order chi connectivity index (χ1) is 17.8. The van der Waals surface area contributed by atoms with Gasteiger partial charge in [0.05, 0.1) is 29.2 Å². The number of ether oxygens (including phenoxy) is 1. The van der Waals surface area contributed by atoms with E-state index in [-0.39, 0.29) is 47.5 Å². The molecule has 0 saturated heterocycles. The van der Waals surface area contributed by atoms with E-state index in [9.17, 15) is 35.2 Å². The second kappa shape index (κ2) is 10.2. The topological polar surface area (TPSA) is 75.7 Å². The molecular formula is C26H23F5N2O4S. The molecule has 0 aliphatic carbocycles. The largest absolute Gasteiger partial charge is 0.484 e. The standard InChI is InChI=1S/C26H23F5N2O4S/c1-15(2)25(34)32-13-19-14-33(38(35,36)20-5-3-4-17(11-20)26(29,30)31)23-10-16(6-9-24(23)37-19)21-12-18(27)7-8-22(21)28/h3-12,15,19H,13-14H2,1-2H3,(H,32,34)/t19-/m0/s1. The van der Waals surface area contributed by atoms with Crippen molar-refractivity contribution in [3.63, 3.8) is 0 Å². The number of carbonyl (C=O) groups is 1. The van der Waals surface area contributed by atoms with E-state index in [2.05, 4.69) is 5.32 Å². The van der Waals surface area contributed by atoms with Crippen LogP contribution in [0.2, 0.25) is 0 Å². The number of carbonyl (C=O) groups excluding carboxylic acids is 1. The summed E-state index contributed by atoms with van der Waals surface area (Å²) in [7, 11) is -4.59. The number of sulfonamides is 1. The van der Waals surface area contributed by atoms with Gasteiger partial charge in [0.1, 0.15) is 23.5 Å². The fourth-order valence-corrected chi connectivity index (χ4v) is 5.46. The maximum absolute atomic E-state index is 14.5. The molecule has 0 spiro atoms. The Morgan fingerprint density at radius 3 is 2.50 bits per heavy atom. The van der Waals surface area contributed by atoms with Gasteiger partial charge >= 0.3 is 6.18 Å². The third-order valence-electron chi connectivity index (χ3n) is 5.91. The molecule has 4 rings (SSSR count). The van der Waals surface area contributed by atoms with Crippen LogP contribution in [0.25, 0.3) is 11.1 Å². The van der Waals surface area contributed by atoms with Crippen molar-refractivity contribution in [2.75, 3.05) is 17.4 Å². The number of hydrogen-bond acceptors (Lipinski definition) is 4. The summed E-state index contributed by atoms with van der Waals surface area (Å²) in [6.45, 7) is 2.90. The Morgan fingerprint density at radius 1 is 1.08 bits per heavy atom. The number of amides is 1. The van der Waals surface area contributed by atoms with Gasteiger partial charge < -0.3 is 10.1 Å². The van der Waals surface area contributed by atoms with Crippen LogP contribution in [0, 0.1) is 17.6 Å². The Bertz CT molecular complexity index is 1470. The van der Waals surface area contributed by atoms with E-state index in [1.165, 1.54) is 18.2 Å². The van der Waals surface area contributed by atoms with Crippen molar-refractivity contribution in [3.8, 4) is 16.9 Å². The molecule has 3 aromatic rings. The van der Waals surface area contributed by atoms with Crippen LogP contribution in [0.15, 0.2) is 65.6 Å². The number of fused-ring (bicyclic) bond motifs is 1. The molecule has 1 aliphatic heterocycles. The second-order valence-corrected chi connectivity index (χ2v) is 10.9. The van der Waals surface area contributed by atoms with Gasteiger partial charge in [-0.1, -0.05) is 26.0 Å². The van der Waals surface area contributed by atoms with Gasteiger partial charge in [-0.25, -0.2) is 17.2 Å². The first-order valence-corrected chi connectivity index (χ1v) is 12.9. The van der Waals surface area contributed by atoms with Crippen molar-refractivity contribution in [2.24, 2.45) is 5.92 Å². The molecule has 6 nitrogen and oxygen atoms in total. The first-order valence-electron chi connectivity index (χ1n) is 11.5. The highest BCUT2D eigenvalue weighted by Gasteiger charge is 2.37. The van der Waals surface area contributed by atoms with E-state index in [4.69, 9.17) is 4.74 Å². The van der Waals surface area contributed by atoms with Gasteiger partial charge in [-0.05, 0) is 54.1 Å². The summed E-state index contributed by atoms with van der Waals surface area (Å²) < 4.78 is 102. The van der Waals surface area contributed by atoms with E-state index in [0.717, 1.165) is 40.7 Å². The molecule has 1 aliphatic rings. The first kappa shape index (κ1) is 27.4. The highest BCUT2D eigenvalue weighted by molar-refractivity contribution is 7.92. The molecule has 38 heavy (non-hydrogen) atoms. The number of alkyl halides is 3. The number of benzene rings is 3. The Balaban J connectivity index is 1.80. The van der Waals surface area contributed by atoms with Crippen LogP contribution in [0.1, 0.15) is 19.4 Å². The summed E-state index contributed by atoms with van der Waals surface area (Å²) in [6, 6.07) is 10.1. The van der Waals surface area contributed by atoms with E-state index in [1.807, 2.05) is 0 Å². The summed E-state index contributed by atoms with van der Waals surface area (Å²) in [5.74, 6) is -2.09. The van der Waals surface area contributed by atoms with Crippen LogP contribution in [0.5, 0.6) is 5.75 Å². The molecule has 3 aromatic carbocycles. The average molecular weight is 555 g/mol. The number of nitrogens with one attached hydrogen (secondary N) is 1. The quantitative estimate of drug-likeness (QED) is 0.416. The minimum Gasteiger partial charge on any atom is -0.484 e. The SMILES string of the molecule is CC(C)C(=O)NC[C@H]1CN(S(=O)(=O)c2cccc(C(F)(F)F)c2)c2cc(-c3cc(F)ccc3F)ccc2O1. The predicted octanol–water partition coefficient (Wildman–Crippen LogP) is 5.38. The maximum Gasteiger partial charge on any atom is 0.416 e. The van der Waals surface area contributed by atoms with Crippen molar-refractivity contribution < 1.29 is 39.9 Å². The summed E-state index contributed by atoms with van der Waals surface area (Å²) in [5.41, 5.74) is -1.24. The Hall–Kier alpha value is -3.67. The molecule has 0 radical (unpaired) electrons. The second-order valence-electron chi connectivity index (χ2n) is 9.01. The lowest BCUT2D eigenvalue weighted by Crippen LogP contribution is -2.48. The number of halogens is 5. The number of rotatable bonds is 6. The van der Waals surface area contributed by atoms with Gasteiger partial charge in [0, 0.05) is 11.5 Å². The molecule has 202 valence electrons. The molecular weight excluding hydrogens is 531 g/mol. The fraction of sp³-hybridized carbons (Fsp3) is 0.269. The van der Waals surface area contributed by atoms with Crippen molar-refractivity contribution in [2.45, 2.75) is 31.0 Å². The number of nitrogens with zero attached hydrogens (tertiary/aromatic N) is 1. The number of hydrogen-bond donors (Lipinski definition) is 1. The van der Waals surface area contributed by atoms with Crippen molar-refractivity contribution in [3.05, 3.63) is 77.9 Å². The Morgan fingerprint density at radius 2 is 1.82 bits per heavy atom. The molecule has 1 atom stereocenters. The van der Waals surface area contributed by atoms with Gasteiger partial charge in [-0.2, -0.15) is 13.2 Å². The molecule has 0 fully saturated rings. The zero-order valence-electron chi connectivity index (χ0n) is 20.2. The van der Waals surface area contributed by atoms with Crippen LogP contribution in [0.3, 0.4) is 0 Å². The van der Waals surface area contributed by atoms with Crippen molar-refractivity contribution in [1.82, 2.24) is 5.32 Å². The highest BCUT2D eigenvalue weighted by atomic mass is 32.2. The molecule has 0 bridgehead atoms. The van der Waals surface area contributed by atoms with E-state index < -0.39 is 44.4 Å². The molecule has 0 saturated carbocycles. The van der Waals surface area contributed by atoms with Crippen LogP contribution in [-0.2, 0) is 21.0 Å². The van der Waals surface area contributed by atoms with E-state index >= 15 is 0 Å². The molecule has 1 N–H and O–H groups in total. The van der Waals surface area contributed by atoms with Crippen molar-refractivity contribution >= 4 is 21.6 Å². The Labute approximate surface area is 216 Å². The van der Waals surface area contributed by atoms with Gasteiger partial charge in [-0.15, -0.1) is 0 Å². The molecule has 1 heterocycles. The van der Waals surface area contributed by atoms with Crippen LogP contribution >= 0.6 is 0 Å². The van der Waals surface area contributed by atoms with Gasteiger partial charge in [-0.3, -0.25) is 9.10 Å². The lowest BCUT2D eigenvalue weighted by molar-refractivity contribution is -0.137. The van der Waals surface area contributed by atoms with E-state index in [0.29, 0.717) is 6.07 Å². The normalized spacial score (nSPS) is 15.7. The smallest absolute Gasteiger partial charge is 0.416 e. The molecule has 12 heteroatoms. The van der Waals surface area contributed by atoms with Crippen LogP contribution in [0.4, 0.5) is 27.6 Å². The fourth-order valence-electron chi connectivity index (χ4n) is 3.91. The third-order valence-corrected chi connectivity index (χ3v) is 7.68. The molecule has 1 amide bonds. The zero-order valence-corrected chi connectivity index (χ0v) is 21.0. The van der Waals surface area contributed by atoms with Gasteiger partial charge in [0.15, 0.2) is 0 Å². The lowest BCUT2D eigenvalue weighted by Gasteiger charge is -2.36. The summed E-state index contributed by atoms with van der Waals surface area (Å²) in [6.07, 6.45) is -5.66. The van der Waals surface area contributed by atoms with E-state index in [1.54, 1.807) is 13.8 Å².